The number of nitrogens with one attached hydrogen (secondary N) is 2. The highest BCUT2D eigenvalue weighted by molar-refractivity contribution is 5.95. The van der Waals surface area contributed by atoms with Crippen LogP contribution in [0.1, 0.15) is 55.5 Å². The molecule has 0 atom stereocenters. The Kier molecular flexibility index (Phi) is 9.55. The Bertz CT molecular complexity index is 757. The lowest BCUT2D eigenvalue weighted by atomic mass is 10.2. The number of hydrogen-bond donors (Lipinski definition) is 2. The van der Waals surface area contributed by atoms with E-state index in [0.29, 0.717) is 17.9 Å². The molecular weight excluding hydrogens is 368 g/mol. The zero-order valence-electron chi connectivity index (χ0n) is 17.2. The summed E-state index contributed by atoms with van der Waals surface area (Å²) in [5.74, 6) is 0.489. The molecule has 2 N–H and O–H groups in total. The topological polar surface area (TPSA) is 76.7 Å². The fourth-order valence-electron chi connectivity index (χ4n) is 2.63. The van der Waals surface area contributed by atoms with Crippen molar-refractivity contribution in [3.63, 3.8) is 0 Å². The molecule has 156 valence electrons. The number of aryl methyl sites for hydroxylation is 1. The van der Waals surface area contributed by atoms with Gasteiger partial charge >= 0.3 is 0 Å². The van der Waals surface area contributed by atoms with Crippen molar-refractivity contribution in [2.45, 2.75) is 46.0 Å². The molecule has 0 unspecified atom stereocenters. The van der Waals surface area contributed by atoms with Crippen LogP contribution in [0.15, 0.2) is 48.5 Å². The molecule has 0 aliphatic carbocycles. The minimum Gasteiger partial charge on any atom is -0.494 e. The molecule has 6 nitrogen and oxygen atoms in total. The molecule has 2 aromatic rings. The number of benzene rings is 2. The summed E-state index contributed by atoms with van der Waals surface area (Å²) in [6, 6.07) is 14.4. The number of ether oxygens (including phenoxy) is 2. The standard InChI is InChI=1S/C23H30N2O4/c1-3-5-6-7-16-28-20-14-10-19(11-15-20)23(27)25-24-22(26)17-29-21-12-8-18(4-2)9-13-21/h8-15H,3-7,16-17H2,1-2H3,(H,24,26)(H,25,27). The summed E-state index contributed by atoms with van der Waals surface area (Å²) >= 11 is 0. The lowest BCUT2D eigenvalue weighted by Gasteiger charge is -2.10. The first-order chi connectivity index (χ1) is 14.1. The van der Waals surface area contributed by atoms with Crippen molar-refractivity contribution in [3.05, 3.63) is 59.7 Å². The van der Waals surface area contributed by atoms with Crippen LogP contribution in [0.2, 0.25) is 0 Å². The van der Waals surface area contributed by atoms with Gasteiger partial charge in [-0.25, -0.2) is 0 Å². The Labute approximate surface area is 172 Å². The molecule has 2 amide bonds. The van der Waals surface area contributed by atoms with E-state index in [-0.39, 0.29) is 6.61 Å². The summed E-state index contributed by atoms with van der Waals surface area (Å²) in [5.41, 5.74) is 6.35. The van der Waals surface area contributed by atoms with Crippen LogP contribution in [0, 0.1) is 0 Å². The summed E-state index contributed by atoms with van der Waals surface area (Å²) < 4.78 is 11.1. The monoisotopic (exact) mass is 398 g/mol. The zero-order valence-corrected chi connectivity index (χ0v) is 17.2. The number of hydrogen-bond acceptors (Lipinski definition) is 4. The van der Waals surface area contributed by atoms with Gasteiger partial charge in [0, 0.05) is 5.56 Å². The third-order valence-electron chi connectivity index (χ3n) is 4.40. The second-order valence-corrected chi connectivity index (χ2v) is 6.72. The van der Waals surface area contributed by atoms with Gasteiger partial charge in [-0.05, 0) is 54.8 Å². The maximum Gasteiger partial charge on any atom is 0.276 e. The Hall–Kier alpha value is -3.02. The maximum atomic E-state index is 12.1. The zero-order chi connectivity index (χ0) is 20.9. The van der Waals surface area contributed by atoms with E-state index in [1.165, 1.54) is 18.4 Å². The average Bonchev–Trinajstić information content (AvgIpc) is 2.76. The lowest BCUT2D eigenvalue weighted by molar-refractivity contribution is -0.123. The second kappa shape index (κ2) is 12.4. The van der Waals surface area contributed by atoms with Crippen LogP contribution in [0.25, 0.3) is 0 Å². The van der Waals surface area contributed by atoms with Crippen molar-refractivity contribution in [1.29, 1.82) is 0 Å². The molecule has 2 rings (SSSR count). The molecule has 0 fully saturated rings. The number of amides is 2. The summed E-state index contributed by atoms with van der Waals surface area (Å²) in [7, 11) is 0. The van der Waals surface area contributed by atoms with E-state index >= 15 is 0 Å². The number of carbonyl (C=O) groups is 2. The molecule has 0 saturated carbocycles. The van der Waals surface area contributed by atoms with Gasteiger partial charge in [0.05, 0.1) is 6.61 Å². The molecular formula is C23H30N2O4. The van der Waals surface area contributed by atoms with E-state index in [1.54, 1.807) is 24.3 Å². The molecule has 0 heterocycles. The van der Waals surface area contributed by atoms with E-state index in [9.17, 15) is 9.59 Å². The molecule has 6 heteroatoms. The van der Waals surface area contributed by atoms with E-state index in [0.717, 1.165) is 25.0 Å². The van der Waals surface area contributed by atoms with Gasteiger partial charge in [0.1, 0.15) is 11.5 Å². The average molecular weight is 399 g/mol. The lowest BCUT2D eigenvalue weighted by Crippen LogP contribution is -2.43. The molecule has 0 radical (unpaired) electrons. The van der Waals surface area contributed by atoms with E-state index < -0.39 is 11.8 Å². The Morgan fingerprint density at radius 3 is 2.10 bits per heavy atom. The Morgan fingerprint density at radius 2 is 1.45 bits per heavy atom. The normalized spacial score (nSPS) is 10.3. The van der Waals surface area contributed by atoms with Gasteiger partial charge in [0.15, 0.2) is 6.61 Å². The van der Waals surface area contributed by atoms with Gasteiger partial charge in [-0.15, -0.1) is 0 Å². The first-order valence-electron chi connectivity index (χ1n) is 10.2. The maximum absolute atomic E-state index is 12.1. The van der Waals surface area contributed by atoms with Crippen molar-refractivity contribution in [1.82, 2.24) is 10.9 Å². The van der Waals surface area contributed by atoms with Crippen molar-refractivity contribution in [3.8, 4) is 11.5 Å². The van der Waals surface area contributed by atoms with Crippen molar-refractivity contribution in [2.24, 2.45) is 0 Å². The fourth-order valence-corrected chi connectivity index (χ4v) is 2.63. The third-order valence-corrected chi connectivity index (χ3v) is 4.40. The molecule has 0 aliphatic rings. The van der Waals surface area contributed by atoms with E-state index in [4.69, 9.17) is 9.47 Å². The largest absolute Gasteiger partial charge is 0.494 e. The van der Waals surface area contributed by atoms with Crippen LogP contribution in [0.4, 0.5) is 0 Å². The Balaban J connectivity index is 1.68. The first kappa shape index (κ1) is 22.3. The molecule has 0 aromatic heterocycles. The van der Waals surface area contributed by atoms with Gasteiger partial charge in [-0.3, -0.25) is 20.4 Å². The number of carbonyl (C=O) groups excluding carboxylic acids is 2. The van der Waals surface area contributed by atoms with Crippen LogP contribution in [0.3, 0.4) is 0 Å². The summed E-state index contributed by atoms with van der Waals surface area (Å²) in [6.45, 7) is 4.73. The van der Waals surface area contributed by atoms with Crippen LogP contribution >= 0.6 is 0 Å². The number of unbranched alkanes of at least 4 members (excludes halogenated alkanes) is 3. The van der Waals surface area contributed by atoms with Crippen LogP contribution < -0.4 is 20.3 Å². The molecule has 29 heavy (non-hydrogen) atoms. The smallest absolute Gasteiger partial charge is 0.276 e. The van der Waals surface area contributed by atoms with Gasteiger partial charge in [0.2, 0.25) is 0 Å². The van der Waals surface area contributed by atoms with E-state index in [1.807, 2.05) is 24.3 Å². The molecule has 0 bridgehead atoms. The SMILES string of the molecule is CCCCCCOc1ccc(C(=O)NNC(=O)COc2ccc(CC)cc2)cc1. The quantitative estimate of drug-likeness (QED) is 0.442. The van der Waals surface area contributed by atoms with Crippen molar-refractivity contribution < 1.29 is 19.1 Å². The van der Waals surface area contributed by atoms with Gasteiger partial charge in [0.25, 0.3) is 11.8 Å². The first-order valence-corrected chi connectivity index (χ1v) is 10.2. The van der Waals surface area contributed by atoms with Crippen molar-refractivity contribution >= 4 is 11.8 Å². The Morgan fingerprint density at radius 1 is 0.793 bits per heavy atom. The number of hydrazine groups is 1. The minimum atomic E-state index is -0.440. The van der Waals surface area contributed by atoms with Gasteiger partial charge in [-0.1, -0.05) is 45.2 Å². The highest BCUT2D eigenvalue weighted by Gasteiger charge is 2.08. The molecule has 2 aromatic carbocycles. The van der Waals surface area contributed by atoms with Crippen LogP contribution in [-0.4, -0.2) is 25.0 Å². The summed E-state index contributed by atoms with van der Waals surface area (Å²) in [4.78, 5) is 24.0. The van der Waals surface area contributed by atoms with Crippen LogP contribution in [0.5, 0.6) is 11.5 Å². The highest BCUT2D eigenvalue weighted by atomic mass is 16.5. The number of rotatable bonds is 11. The van der Waals surface area contributed by atoms with Crippen molar-refractivity contribution in [2.75, 3.05) is 13.2 Å². The minimum absolute atomic E-state index is 0.184. The summed E-state index contributed by atoms with van der Waals surface area (Å²) in [6.07, 6.45) is 5.53. The molecule has 0 saturated heterocycles. The summed E-state index contributed by atoms with van der Waals surface area (Å²) in [5, 5.41) is 0. The predicted molar refractivity (Wildman–Crippen MR) is 113 cm³/mol. The molecule has 0 spiro atoms. The second-order valence-electron chi connectivity index (χ2n) is 6.72. The van der Waals surface area contributed by atoms with Gasteiger partial charge in [-0.2, -0.15) is 0 Å². The van der Waals surface area contributed by atoms with Crippen LogP contribution in [-0.2, 0) is 11.2 Å². The third kappa shape index (κ3) is 8.25. The molecule has 0 aliphatic heterocycles. The highest BCUT2D eigenvalue weighted by Crippen LogP contribution is 2.13. The van der Waals surface area contributed by atoms with Gasteiger partial charge < -0.3 is 9.47 Å². The predicted octanol–water partition coefficient (Wildman–Crippen LogP) is 4.05. The van der Waals surface area contributed by atoms with E-state index in [2.05, 4.69) is 24.7 Å². The fraction of sp³-hybridized carbons (Fsp3) is 0.391.